The predicted octanol–water partition coefficient (Wildman–Crippen LogP) is 3.23. The fraction of sp³-hybridized carbons (Fsp3) is 0.429. The second-order valence-electron chi connectivity index (χ2n) is 7.23. The van der Waals surface area contributed by atoms with Crippen LogP contribution in [0, 0.1) is 6.92 Å². The van der Waals surface area contributed by atoms with Gasteiger partial charge in [-0.2, -0.15) is 0 Å². The molecule has 2 aliphatic rings. The minimum Gasteiger partial charge on any atom is -0.486 e. The minimum atomic E-state index is -0.157. The molecule has 3 heterocycles. The lowest BCUT2D eigenvalue weighted by atomic mass is 9.87. The number of aromatic nitrogens is 1. The second kappa shape index (κ2) is 7.08. The maximum Gasteiger partial charge on any atom is 0.254 e. The Labute approximate surface area is 153 Å². The van der Waals surface area contributed by atoms with E-state index in [9.17, 15) is 4.79 Å². The summed E-state index contributed by atoms with van der Waals surface area (Å²) < 4.78 is 12.1. The number of ether oxygens (including phenoxy) is 2. The summed E-state index contributed by atoms with van der Waals surface area (Å²) in [4.78, 5) is 18.8. The van der Waals surface area contributed by atoms with Crippen LogP contribution in [0.1, 0.15) is 35.2 Å². The molecule has 26 heavy (non-hydrogen) atoms. The Balaban J connectivity index is 1.35. The molecule has 2 aromatic rings. The molecule has 2 aliphatic heterocycles. The molecule has 0 aliphatic carbocycles. The van der Waals surface area contributed by atoms with Gasteiger partial charge in [-0.25, -0.2) is 0 Å². The fourth-order valence-corrected chi connectivity index (χ4v) is 3.94. The number of carbonyl (C=O) groups is 1. The first-order valence-corrected chi connectivity index (χ1v) is 9.21. The van der Waals surface area contributed by atoms with Crippen molar-refractivity contribution in [3.05, 3.63) is 59.9 Å². The van der Waals surface area contributed by atoms with Crippen LogP contribution < -0.4 is 4.74 Å². The van der Waals surface area contributed by atoms with Crippen molar-refractivity contribution in [2.24, 2.45) is 0 Å². The van der Waals surface area contributed by atoms with Crippen molar-refractivity contribution in [1.29, 1.82) is 0 Å². The average Bonchev–Trinajstić information content (AvgIpc) is 3.05. The number of benzene rings is 1. The van der Waals surface area contributed by atoms with Crippen LogP contribution in [0.2, 0.25) is 0 Å². The normalized spacial score (nSPS) is 21.7. The molecule has 1 amide bonds. The van der Waals surface area contributed by atoms with Gasteiger partial charge in [0.05, 0.1) is 18.4 Å². The van der Waals surface area contributed by atoms with Gasteiger partial charge in [-0.1, -0.05) is 18.2 Å². The Morgan fingerprint density at radius 1 is 1.23 bits per heavy atom. The van der Waals surface area contributed by atoms with E-state index in [1.807, 2.05) is 48.2 Å². The van der Waals surface area contributed by atoms with Gasteiger partial charge in [0.1, 0.15) is 11.9 Å². The molecule has 2 fully saturated rings. The second-order valence-corrected chi connectivity index (χ2v) is 7.23. The van der Waals surface area contributed by atoms with Crippen molar-refractivity contribution < 1.29 is 14.3 Å². The summed E-state index contributed by atoms with van der Waals surface area (Å²) in [6.45, 7) is 4.04. The van der Waals surface area contributed by atoms with Gasteiger partial charge in [0.2, 0.25) is 0 Å². The van der Waals surface area contributed by atoms with Crippen LogP contribution in [0.15, 0.2) is 48.8 Å². The maximum absolute atomic E-state index is 12.8. The third-order valence-corrected chi connectivity index (χ3v) is 5.45. The molecule has 0 saturated carbocycles. The first-order chi connectivity index (χ1) is 12.7. The highest BCUT2D eigenvalue weighted by Gasteiger charge is 2.44. The first kappa shape index (κ1) is 17.0. The zero-order valence-electron chi connectivity index (χ0n) is 15.1. The number of amides is 1. The molecule has 5 heteroatoms. The highest BCUT2D eigenvalue weighted by molar-refractivity contribution is 5.95. The van der Waals surface area contributed by atoms with Crippen molar-refractivity contribution in [3.8, 4) is 5.75 Å². The lowest BCUT2D eigenvalue weighted by Crippen LogP contribution is -2.46. The molecule has 0 N–H and O–H groups in total. The molecular weight excluding hydrogens is 328 g/mol. The summed E-state index contributed by atoms with van der Waals surface area (Å²) in [5, 5.41) is 0. The van der Waals surface area contributed by atoms with E-state index in [0.717, 1.165) is 49.2 Å². The highest BCUT2D eigenvalue weighted by Crippen LogP contribution is 2.37. The van der Waals surface area contributed by atoms with Crippen LogP contribution in [-0.2, 0) is 4.74 Å². The van der Waals surface area contributed by atoms with Crippen LogP contribution in [0.3, 0.4) is 0 Å². The van der Waals surface area contributed by atoms with Crippen molar-refractivity contribution in [3.63, 3.8) is 0 Å². The van der Waals surface area contributed by atoms with Gasteiger partial charge in [0.15, 0.2) is 0 Å². The molecule has 1 aromatic carbocycles. The summed E-state index contributed by atoms with van der Waals surface area (Å²) in [6, 6.07) is 11.6. The Kier molecular flexibility index (Phi) is 4.64. The Bertz CT molecular complexity index is 770. The van der Waals surface area contributed by atoms with Crippen molar-refractivity contribution in [2.75, 3.05) is 19.7 Å². The van der Waals surface area contributed by atoms with E-state index in [4.69, 9.17) is 9.47 Å². The number of hydrogen-bond donors (Lipinski definition) is 0. The van der Waals surface area contributed by atoms with Gasteiger partial charge in [0.25, 0.3) is 5.91 Å². The monoisotopic (exact) mass is 352 g/mol. The molecule has 1 aromatic heterocycles. The minimum absolute atomic E-state index is 0.0535. The third-order valence-electron chi connectivity index (χ3n) is 5.45. The Hall–Kier alpha value is -2.40. The number of rotatable bonds is 3. The SMILES string of the molecule is Cc1ccccc1C(=O)N1CCC2(CC1)CC(Oc1cccnc1)CO2. The standard InChI is InChI=1S/C21H24N2O3/c1-16-5-2-3-7-19(16)20(24)23-11-8-21(9-12-23)13-18(15-25-21)26-17-6-4-10-22-14-17/h2-7,10,14,18H,8-9,11-13,15H2,1H3. The van der Waals surface area contributed by atoms with E-state index in [-0.39, 0.29) is 17.6 Å². The Morgan fingerprint density at radius 2 is 2.04 bits per heavy atom. The molecule has 1 unspecified atom stereocenters. The lowest BCUT2D eigenvalue weighted by Gasteiger charge is -2.38. The van der Waals surface area contributed by atoms with Gasteiger partial charge in [0, 0.05) is 31.3 Å². The number of piperidine rings is 1. The van der Waals surface area contributed by atoms with Crippen molar-refractivity contribution in [1.82, 2.24) is 9.88 Å². The highest BCUT2D eigenvalue weighted by atomic mass is 16.6. The molecule has 2 saturated heterocycles. The van der Waals surface area contributed by atoms with E-state index < -0.39 is 0 Å². The van der Waals surface area contributed by atoms with E-state index in [1.165, 1.54) is 0 Å². The predicted molar refractivity (Wildman–Crippen MR) is 98.3 cm³/mol. The molecule has 0 radical (unpaired) electrons. The number of aryl methyl sites for hydroxylation is 1. The summed E-state index contributed by atoms with van der Waals surface area (Å²) >= 11 is 0. The summed E-state index contributed by atoms with van der Waals surface area (Å²) in [5.41, 5.74) is 1.67. The first-order valence-electron chi connectivity index (χ1n) is 9.21. The van der Waals surface area contributed by atoms with Gasteiger partial charge in [-0.05, 0) is 43.5 Å². The van der Waals surface area contributed by atoms with Crippen molar-refractivity contribution >= 4 is 5.91 Å². The quantitative estimate of drug-likeness (QED) is 0.851. The van der Waals surface area contributed by atoms with Crippen LogP contribution in [0.25, 0.3) is 0 Å². The number of pyridine rings is 1. The average molecular weight is 352 g/mol. The molecule has 4 rings (SSSR count). The molecule has 0 bridgehead atoms. The molecule has 5 nitrogen and oxygen atoms in total. The number of nitrogens with zero attached hydrogens (tertiary/aromatic N) is 2. The largest absolute Gasteiger partial charge is 0.486 e. The van der Waals surface area contributed by atoms with Crippen LogP contribution >= 0.6 is 0 Å². The fourth-order valence-electron chi connectivity index (χ4n) is 3.94. The van der Waals surface area contributed by atoms with Crippen LogP contribution in [-0.4, -0.2) is 47.2 Å². The molecule has 1 spiro atoms. The van der Waals surface area contributed by atoms with Gasteiger partial charge in [-0.15, -0.1) is 0 Å². The van der Waals surface area contributed by atoms with E-state index in [1.54, 1.807) is 12.4 Å². The molecular formula is C21H24N2O3. The van der Waals surface area contributed by atoms with Crippen LogP contribution in [0.5, 0.6) is 5.75 Å². The summed E-state index contributed by atoms with van der Waals surface area (Å²) in [7, 11) is 0. The lowest BCUT2D eigenvalue weighted by molar-refractivity contribution is -0.0395. The summed E-state index contributed by atoms with van der Waals surface area (Å²) in [6.07, 6.45) is 6.11. The zero-order chi connectivity index (χ0) is 18.0. The number of carbonyl (C=O) groups excluding carboxylic acids is 1. The molecule has 1 atom stereocenters. The van der Waals surface area contributed by atoms with Gasteiger partial charge >= 0.3 is 0 Å². The third kappa shape index (κ3) is 3.44. The van der Waals surface area contributed by atoms with Gasteiger partial charge < -0.3 is 14.4 Å². The van der Waals surface area contributed by atoms with E-state index >= 15 is 0 Å². The van der Waals surface area contributed by atoms with E-state index in [2.05, 4.69) is 4.98 Å². The maximum atomic E-state index is 12.8. The zero-order valence-corrected chi connectivity index (χ0v) is 15.1. The van der Waals surface area contributed by atoms with Crippen molar-refractivity contribution in [2.45, 2.75) is 37.9 Å². The smallest absolute Gasteiger partial charge is 0.254 e. The number of likely N-dealkylation sites (tertiary alicyclic amines) is 1. The van der Waals surface area contributed by atoms with Crippen LogP contribution in [0.4, 0.5) is 0 Å². The topological polar surface area (TPSA) is 51.7 Å². The number of hydrogen-bond acceptors (Lipinski definition) is 4. The van der Waals surface area contributed by atoms with E-state index in [0.29, 0.717) is 6.61 Å². The Morgan fingerprint density at radius 3 is 2.77 bits per heavy atom. The molecule has 136 valence electrons. The van der Waals surface area contributed by atoms with Gasteiger partial charge in [-0.3, -0.25) is 9.78 Å². The summed E-state index contributed by atoms with van der Waals surface area (Å²) in [5.74, 6) is 0.907.